The van der Waals surface area contributed by atoms with E-state index in [0.717, 1.165) is 11.0 Å². The van der Waals surface area contributed by atoms with E-state index in [2.05, 4.69) is 0 Å². The summed E-state index contributed by atoms with van der Waals surface area (Å²) in [5.74, 6) is -1.93. The van der Waals surface area contributed by atoms with Crippen molar-refractivity contribution in [2.45, 2.75) is 32.4 Å². The Balaban J connectivity index is 3.09. The summed E-state index contributed by atoms with van der Waals surface area (Å²) >= 11 is 5.65. The van der Waals surface area contributed by atoms with E-state index in [1.807, 2.05) is 0 Å². The first-order valence-electron chi connectivity index (χ1n) is 6.16. The molecule has 0 fully saturated rings. The van der Waals surface area contributed by atoms with E-state index in [4.69, 9.17) is 16.3 Å². The lowest BCUT2D eigenvalue weighted by Gasteiger charge is -2.28. The number of nitrogens with zero attached hydrogens (tertiary/aromatic N) is 1. The summed E-state index contributed by atoms with van der Waals surface area (Å²) in [6.07, 6.45) is -0.796. The maximum atomic E-state index is 13.2. The van der Waals surface area contributed by atoms with Gasteiger partial charge in [-0.2, -0.15) is 0 Å². The Hall–Kier alpha value is -1.82. The minimum absolute atomic E-state index is 0.183. The van der Waals surface area contributed by atoms with Crippen molar-refractivity contribution in [1.29, 1.82) is 0 Å². The Morgan fingerprint density at radius 2 is 1.95 bits per heavy atom. The van der Waals surface area contributed by atoms with Gasteiger partial charge in [0.1, 0.15) is 11.4 Å². The predicted octanol–water partition coefficient (Wildman–Crippen LogP) is 3.47. The predicted molar refractivity (Wildman–Crippen MR) is 75.8 cm³/mol. The van der Waals surface area contributed by atoms with E-state index in [1.54, 1.807) is 20.8 Å². The van der Waals surface area contributed by atoms with Gasteiger partial charge in [-0.3, -0.25) is 4.90 Å². The number of likely N-dealkylation sites (N-methyl/N-ethyl adjacent to an activating group) is 1. The van der Waals surface area contributed by atoms with Crippen LogP contribution in [0.15, 0.2) is 18.2 Å². The molecule has 1 rings (SSSR count). The number of carbonyl (C=O) groups is 2. The Morgan fingerprint density at radius 3 is 2.38 bits per heavy atom. The van der Waals surface area contributed by atoms with Gasteiger partial charge in [-0.15, -0.1) is 0 Å². The van der Waals surface area contributed by atoms with Gasteiger partial charge in [-0.1, -0.05) is 17.7 Å². The molecule has 0 aliphatic carbocycles. The van der Waals surface area contributed by atoms with E-state index >= 15 is 0 Å². The van der Waals surface area contributed by atoms with Crippen LogP contribution >= 0.6 is 11.6 Å². The van der Waals surface area contributed by atoms with Gasteiger partial charge in [-0.05, 0) is 38.5 Å². The van der Waals surface area contributed by atoms with Gasteiger partial charge < -0.3 is 9.84 Å². The van der Waals surface area contributed by atoms with Crippen LogP contribution in [0, 0.1) is 5.82 Å². The van der Waals surface area contributed by atoms with Crippen LogP contribution < -0.4 is 0 Å². The lowest BCUT2D eigenvalue weighted by Crippen LogP contribution is -2.39. The summed E-state index contributed by atoms with van der Waals surface area (Å²) in [6, 6.07) is 2.17. The normalized spacial score (nSPS) is 12.7. The molecule has 0 saturated carbocycles. The van der Waals surface area contributed by atoms with Crippen molar-refractivity contribution in [3.8, 4) is 0 Å². The second-order valence-electron chi connectivity index (χ2n) is 5.51. The highest BCUT2D eigenvalue weighted by molar-refractivity contribution is 6.30. The quantitative estimate of drug-likeness (QED) is 0.927. The fraction of sp³-hybridized carbons (Fsp3) is 0.429. The molecule has 1 aromatic rings. The maximum Gasteiger partial charge on any atom is 0.411 e. The molecule has 0 bridgehead atoms. The molecule has 1 N–H and O–H groups in total. The van der Waals surface area contributed by atoms with Crippen molar-refractivity contribution < 1.29 is 23.8 Å². The number of carboxylic acids is 1. The average Bonchev–Trinajstić information content (AvgIpc) is 2.31. The van der Waals surface area contributed by atoms with Crippen molar-refractivity contribution >= 4 is 23.7 Å². The largest absolute Gasteiger partial charge is 0.479 e. The zero-order valence-corrected chi connectivity index (χ0v) is 12.9. The number of halogens is 2. The number of carbonyl (C=O) groups excluding carboxylic acids is 1. The number of hydrogen-bond acceptors (Lipinski definition) is 3. The molecule has 7 heteroatoms. The van der Waals surface area contributed by atoms with Crippen molar-refractivity contribution in [2.75, 3.05) is 7.05 Å². The van der Waals surface area contributed by atoms with Gasteiger partial charge in [0.15, 0.2) is 6.04 Å². The highest BCUT2D eigenvalue weighted by Crippen LogP contribution is 2.26. The van der Waals surface area contributed by atoms with E-state index in [9.17, 15) is 19.1 Å². The third-order valence-electron chi connectivity index (χ3n) is 2.56. The van der Waals surface area contributed by atoms with Crippen LogP contribution in [0.4, 0.5) is 9.18 Å². The number of hydrogen-bond donors (Lipinski definition) is 1. The second kappa shape index (κ2) is 6.30. The number of aliphatic carboxylic acids is 1. The van der Waals surface area contributed by atoms with Crippen molar-refractivity contribution in [2.24, 2.45) is 0 Å². The van der Waals surface area contributed by atoms with E-state index in [1.165, 1.54) is 19.2 Å². The molecule has 0 aliphatic rings. The summed E-state index contributed by atoms with van der Waals surface area (Å²) in [7, 11) is 1.30. The van der Waals surface area contributed by atoms with Crippen LogP contribution in [-0.2, 0) is 9.53 Å². The number of rotatable bonds is 3. The van der Waals surface area contributed by atoms with E-state index in [0.29, 0.717) is 0 Å². The molecule has 1 aromatic carbocycles. The summed E-state index contributed by atoms with van der Waals surface area (Å²) in [6.45, 7) is 5.01. The number of amides is 1. The molecule has 5 nitrogen and oxygen atoms in total. The van der Waals surface area contributed by atoms with Gasteiger partial charge in [0.05, 0.1) is 5.02 Å². The number of benzene rings is 1. The Bertz CT molecular complexity index is 556. The molecule has 0 spiro atoms. The monoisotopic (exact) mass is 317 g/mol. The van der Waals surface area contributed by atoms with Crippen molar-refractivity contribution in [1.82, 2.24) is 4.90 Å². The number of ether oxygens (including phenoxy) is 1. The molecule has 0 heterocycles. The highest BCUT2D eigenvalue weighted by atomic mass is 35.5. The standard InChI is InChI=1S/C14H17ClFNO4/c1-14(2,3)21-13(20)17(4)11(12(18)19)8-5-6-10(16)9(15)7-8/h5-7,11H,1-4H3,(H,18,19). The molecule has 0 aromatic heterocycles. The van der Waals surface area contributed by atoms with Crippen LogP contribution in [-0.4, -0.2) is 34.7 Å². The first kappa shape index (κ1) is 17.2. The van der Waals surface area contributed by atoms with Gasteiger partial charge in [-0.25, -0.2) is 14.0 Å². The van der Waals surface area contributed by atoms with Gasteiger partial charge in [0.2, 0.25) is 0 Å². The summed E-state index contributed by atoms with van der Waals surface area (Å²) in [4.78, 5) is 24.3. The van der Waals surface area contributed by atoms with Crippen LogP contribution in [0.25, 0.3) is 0 Å². The van der Waals surface area contributed by atoms with Crippen LogP contribution in [0.1, 0.15) is 32.4 Å². The second-order valence-corrected chi connectivity index (χ2v) is 5.91. The zero-order valence-electron chi connectivity index (χ0n) is 12.2. The summed E-state index contributed by atoms with van der Waals surface area (Å²) < 4.78 is 18.3. The fourth-order valence-corrected chi connectivity index (χ4v) is 1.84. The zero-order chi connectivity index (χ0) is 16.4. The molecule has 21 heavy (non-hydrogen) atoms. The Kier molecular flexibility index (Phi) is 5.17. The minimum atomic E-state index is -1.32. The molecular weight excluding hydrogens is 301 g/mol. The molecule has 0 saturated heterocycles. The maximum absolute atomic E-state index is 13.2. The van der Waals surface area contributed by atoms with Crippen molar-refractivity contribution in [3.05, 3.63) is 34.6 Å². The lowest BCUT2D eigenvalue weighted by atomic mass is 10.1. The Labute approximate surface area is 127 Å². The molecule has 116 valence electrons. The summed E-state index contributed by atoms with van der Waals surface area (Å²) in [5.41, 5.74) is -0.572. The first-order valence-corrected chi connectivity index (χ1v) is 6.54. The Morgan fingerprint density at radius 1 is 1.38 bits per heavy atom. The van der Waals surface area contributed by atoms with Crippen LogP contribution in [0.2, 0.25) is 5.02 Å². The SMILES string of the molecule is CN(C(=O)OC(C)(C)C)C(C(=O)O)c1ccc(F)c(Cl)c1. The molecule has 1 atom stereocenters. The fourth-order valence-electron chi connectivity index (χ4n) is 1.65. The number of carboxylic acid groups (broad SMARTS) is 1. The molecule has 0 radical (unpaired) electrons. The minimum Gasteiger partial charge on any atom is -0.479 e. The molecule has 0 aliphatic heterocycles. The van der Waals surface area contributed by atoms with Gasteiger partial charge >= 0.3 is 12.1 Å². The van der Waals surface area contributed by atoms with Gasteiger partial charge in [0.25, 0.3) is 0 Å². The summed E-state index contributed by atoms with van der Waals surface area (Å²) in [5, 5.41) is 9.11. The third kappa shape index (κ3) is 4.60. The van der Waals surface area contributed by atoms with E-state index < -0.39 is 29.5 Å². The molecule has 1 unspecified atom stereocenters. The lowest BCUT2D eigenvalue weighted by molar-refractivity contribution is -0.142. The highest BCUT2D eigenvalue weighted by Gasteiger charge is 2.31. The first-order chi connectivity index (χ1) is 9.53. The smallest absolute Gasteiger partial charge is 0.411 e. The third-order valence-corrected chi connectivity index (χ3v) is 2.85. The average molecular weight is 318 g/mol. The molecule has 1 amide bonds. The topological polar surface area (TPSA) is 66.8 Å². The van der Waals surface area contributed by atoms with E-state index in [-0.39, 0.29) is 10.6 Å². The van der Waals surface area contributed by atoms with Crippen molar-refractivity contribution in [3.63, 3.8) is 0 Å². The van der Waals surface area contributed by atoms with Gasteiger partial charge in [0, 0.05) is 7.05 Å². The molecular formula is C14H17ClFNO4. The van der Waals surface area contributed by atoms with Crippen LogP contribution in [0.3, 0.4) is 0 Å². The van der Waals surface area contributed by atoms with Crippen LogP contribution in [0.5, 0.6) is 0 Å².